The number of anilines is 1. The van der Waals surface area contributed by atoms with Gasteiger partial charge < -0.3 is 19.9 Å². The van der Waals surface area contributed by atoms with Gasteiger partial charge in [-0.1, -0.05) is 18.2 Å². The van der Waals surface area contributed by atoms with Crippen LogP contribution in [0.25, 0.3) is 0 Å². The topological polar surface area (TPSA) is 53.7 Å². The molecule has 1 rings (SSSR count). The number of hydrogen-bond donors (Lipinski definition) is 1. The lowest BCUT2D eigenvalue weighted by Crippen LogP contribution is -2.44. The highest BCUT2D eigenvalue weighted by Gasteiger charge is 2.42. The Morgan fingerprint density at radius 1 is 1.24 bits per heavy atom. The Hall–Kier alpha value is -0.883. The first kappa shape index (κ1) is 14.2. The smallest absolute Gasteiger partial charge is 0.223 e. The second-order valence-electron chi connectivity index (χ2n) is 3.59. The quantitative estimate of drug-likeness (QED) is 0.471. The molecular weight excluding hydrogens is 234 g/mol. The van der Waals surface area contributed by atoms with Crippen LogP contribution in [-0.4, -0.2) is 37.7 Å². The summed E-state index contributed by atoms with van der Waals surface area (Å²) in [4.78, 5) is 0. The number of hydrogen-bond acceptors (Lipinski definition) is 4. The molecule has 1 aromatic rings. The standard InChI is InChI=1S/C12H18NO3Si/c1-14-11(8-17)12(15-2,16-3)9-6-4-5-7-10(9)13/h4-7,11H,8,13H2,1-3H3. The van der Waals surface area contributed by atoms with Crippen LogP contribution in [0.2, 0.25) is 6.04 Å². The molecule has 93 valence electrons. The number of ether oxygens (including phenoxy) is 3. The van der Waals surface area contributed by atoms with Crippen LogP contribution in [-0.2, 0) is 20.0 Å². The molecule has 0 spiro atoms. The van der Waals surface area contributed by atoms with Crippen molar-refractivity contribution in [1.29, 1.82) is 0 Å². The Kier molecular flexibility index (Phi) is 5.14. The minimum Gasteiger partial charge on any atom is -0.398 e. The van der Waals surface area contributed by atoms with E-state index in [1.165, 1.54) is 0 Å². The molecule has 0 aliphatic carbocycles. The summed E-state index contributed by atoms with van der Waals surface area (Å²) in [7, 11) is 8.19. The molecule has 0 aliphatic rings. The summed E-state index contributed by atoms with van der Waals surface area (Å²) in [5.41, 5.74) is 7.34. The third-order valence-corrected chi connectivity index (χ3v) is 3.21. The highest BCUT2D eigenvalue weighted by atomic mass is 28.1. The molecule has 0 aliphatic heterocycles. The predicted molar refractivity (Wildman–Crippen MR) is 67.9 cm³/mol. The second kappa shape index (κ2) is 6.16. The molecule has 0 amide bonds. The summed E-state index contributed by atoms with van der Waals surface area (Å²) in [6, 6.07) is 7.99. The van der Waals surface area contributed by atoms with Crippen LogP contribution in [0.15, 0.2) is 24.3 Å². The maximum Gasteiger partial charge on any atom is 0.223 e. The van der Waals surface area contributed by atoms with E-state index in [1.807, 2.05) is 24.3 Å². The van der Waals surface area contributed by atoms with Gasteiger partial charge in [-0.15, -0.1) is 0 Å². The molecule has 1 atom stereocenters. The largest absolute Gasteiger partial charge is 0.398 e. The van der Waals surface area contributed by atoms with Gasteiger partial charge in [-0.2, -0.15) is 0 Å². The number of methoxy groups -OCH3 is 3. The predicted octanol–water partition coefficient (Wildman–Crippen LogP) is 1.32. The zero-order chi connectivity index (χ0) is 12.9. The lowest BCUT2D eigenvalue weighted by Gasteiger charge is -2.37. The molecule has 0 aromatic heterocycles. The van der Waals surface area contributed by atoms with Crippen LogP contribution in [0.4, 0.5) is 5.69 Å². The van der Waals surface area contributed by atoms with Crippen molar-refractivity contribution in [2.24, 2.45) is 0 Å². The van der Waals surface area contributed by atoms with Crippen molar-refractivity contribution < 1.29 is 14.2 Å². The van der Waals surface area contributed by atoms with E-state index < -0.39 is 5.79 Å². The fourth-order valence-electron chi connectivity index (χ4n) is 1.93. The summed E-state index contributed by atoms with van der Waals surface area (Å²) in [6.45, 7) is 0. The Morgan fingerprint density at radius 2 is 1.82 bits per heavy atom. The minimum atomic E-state index is -1.01. The third-order valence-electron chi connectivity index (χ3n) is 2.84. The normalized spacial score (nSPS) is 13.6. The monoisotopic (exact) mass is 252 g/mol. The third kappa shape index (κ3) is 2.52. The molecule has 3 radical (unpaired) electrons. The lowest BCUT2D eigenvalue weighted by molar-refractivity contribution is -0.269. The van der Waals surface area contributed by atoms with Gasteiger partial charge in [0.2, 0.25) is 5.79 Å². The van der Waals surface area contributed by atoms with Crippen molar-refractivity contribution in [3.05, 3.63) is 29.8 Å². The molecule has 0 bridgehead atoms. The zero-order valence-corrected chi connectivity index (χ0v) is 11.4. The molecule has 1 aromatic carbocycles. The summed E-state index contributed by atoms with van der Waals surface area (Å²) in [5.74, 6) is -1.01. The van der Waals surface area contributed by atoms with Gasteiger partial charge >= 0.3 is 0 Å². The van der Waals surface area contributed by atoms with Crippen molar-refractivity contribution in [1.82, 2.24) is 0 Å². The Labute approximate surface area is 105 Å². The van der Waals surface area contributed by atoms with E-state index in [4.69, 9.17) is 19.9 Å². The number of nitrogen functional groups attached to an aromatic ring is 1. The van der Waals surface area contributed by atoms with Crippen molar-refractivity contribution in [3.63, 3.8) is 0 Å². The maximum absolute atomic E-state index is 5.97. The van der Waals surface area contributed by atoms with Crippen molar-refractivity contribution in [2.75, 3.05) is 27.1 Å². The number of rotatable bonds is 6. The Bertz CT molecular complexity index is 351. The number of nitrogens with two attached hydrogens (primary N) is 1. The van der Waals surface area contributed by atoms with Crippen LogP contribution < -0.4 is 5.73 Å². The first-order valence-electron chi connectivity index (χ1n) is 5.29. The number of para-hydroxylation sites is 1. The van der Waals surface area contributed by atoms with Crippen LogP contribution in [0, 0.1) is 0 Å². The lowest BCUT2D eigenvalue weighted by atomic mass is 9.98. The fraction of sp³-hybridized carbons (Fsp3) is 0.500. The molecule has 17 heavy (non-hydrogen) atoms. The minimum absolute atomic E-state index is 0.307. The van der Waals surface area contributed by atoms with E-state index in [0.29, 0.717) is 11.7 Å². The van der Waals surface area contributed by atoms with E-state index >= 15 is 0 Å². The van der Waals surface area contributed by atoms with Gasteiger partial charge in [0.05, 0.1) is 0 Å². The summed E-state index contributed by atoms with van der Waals surface area (Å²) in [5, 5.41) is 0. The molecule has 0 saturated heterocycles. The zero-order valence-electron chi connectivity index (χ0n) is 10.4. The Balaban J connectivity index is 3.29. The van der Waals surface area contributed by atoms with Gasteiger partial charge in [0, 0.05) is 42.8 Å². The fourth-order valence-corrected chi connectivity index (χ4v) is 2.36. The van der Waals surface area contributed by atoms with Crippen molar-refractivity contribution in [3.8, 4) is 0 Å². The van der Waals surface area contributed by atoms with Crippen molar-refractivity contribution >= 4 is 15.9 Å². The highest BCUT2D eigenvalue weighted by Crippen LogP contribution is 2.36. The molecule has 0 heterocycles. The van der Waals surface area contributed by atoms with Gasteiger partial charge in [-0.05, 0) is 12.1 Å². The van der Waals surface area contributed by atoms with Gasteiger partial charge in [0.25, 0.3) is 0 Å². The first-order chi connectivity index (χ1) is 8.16. The first-order valence-corrected chi connectivity index (χ1v) is 5.99. The summed E-state index contributed by atoms with van der Waals surface area (Å²) < 4.78 is 16.5. The molecule has 1 unspecified atom stereocenters. The van der Waals surface area contributed by atoms with Gasteiger partial charge in [0.1, 0.15) is 6.10 Å². The molecule has 0 saturated carbocycles. The summed E-state index contributed by atoms with van der Waals surface area (Å²) >= 11 is 0. The van der Waals surface area contributed by atoms with E-state index in [1.54, 1.807) is 21.3 Å². The molecular formula is C12H18NO3Si. The second-order valence-corrected chi connectivity index (χ2v) is 4.00. The molecule has 2 N–H and O–H groups in total. The Morgan fingerprint density at radius 3 is 2.24 bits per heavy atom. The van der Waals surface area contributed by atoms with E-state index in [9.17, 15) is 0 Å². The molecule has 4 nitrogen and oxygen atoms in total. The van der Waals surface area contributed by atoms with Crippen LogP contribution in [0.5, 0.6) is 0 Å². The number of benzene rings is 1. The van der Waals surface area contributed by atoms with Crippen LogP contribution >= 0.6 is 0 Å². The molecule has 0 fully saturated rings. The van der Waals surface area contributed by atoms with Crippen LogP contribution in [0.3, 0.4) is 0 Å². The maximum atomic E-state index is 5.97. The average Bonchev–Trinajstić information content (AvgIpc) is 2.37. The van der Waals surface area contributed by atoms with Gasteiger partial charge in [-0.3, -0.25) is 0 Å². The molecule has 5 heteroatoms. The van der Waals surface area contributed by atoms with E-state index in [-0.39, 0.29) is 6.10 Å². The van der Waals surface area contributed by atoms with Gasteiger partial charge in [-0.25, -0.2) is 0 Å². The summed E-state index contributed by atoms with van der Waals surface area (Å²) in [6.07, 6.45) is -0.307. The van der Waals surface area contributed by atoms with Gasteiger partial charge in [0.15, 0.2) is 0 Å². The van der Waals surface area contributed by atoms with E-state index in [2.05, 4.69) is 10.2 Å². The SMILES string of the molecule is COC(C[Si])C(OC)(OC)c1ccccc1N. The van der Waals surface area contributed by atoms with Crippen LogP contribution in [0.1, 0.15) is 5.56 Å². The van der Waals surface area contributed by atoms with Crippen molar-refractivity contribution in [2.45, 2.75) is 17.9 Å². The van der Waals surface area contributed by atoms with E-state index in [0.717, 1.165) is 5.56 Å². The average molecular weight is 252 g/mol. The highest BCUT2D eigenvalue weighted by molar-refractivity contribution is 6.09.